The van der Waals surface area contributed by atoms with Crippen molar-refractivity contribution in [2.24, 2.45) is 5.73 Å². The van der Waals surface area contributed by atoms with Gasteiger partial charge in [-0.25, -0.2) is 4.98 Å². The van der Waals surface area contributed by atoms with E-state index < -0.39 is 6.23 Å². The molecule has 16 heavy (non-hydrogen) atoms. The minimum absolute atomic E-state index is 0.555. The molecule has 0 bridgehead atoms. The Labute approximate surface area is 94.1 Å². The highest BCUT2D eigenvalue weighted by Gasteiger charge is 2.04. The number of oxazole rings is 1. The first-order valence-corrected chi connectivity index (χ1v) is 4.93. The fraction of sp³-hybridized carbons (Fsp3) is 0.167. The highest BCUT2D eigenvalue weighted by atomic mass is 16.5. The van der Waals surface area contributed by atoms with E-state index in [9.17, 15) is 0 Å². The van der Waals surface area contributed by atoms with E-state index in [1.54, 1.807) is 6.26 Å². The number of hydrogen-bond donors (Lipinski definition) is 1. The quantitative estimate of drug-likeness (QED) is 0.800. The zero-order valence-electron chi connectivity index (χ0n) is 9.01. The summed E-state index contributed by atoms with van der Waals surface area (Å²) in [7, 11) is 0. The lowest BCUT2D eigenvalue weighted by atomic mass is 10.2. The number of nitrogens with zero attached hydrogens (tertiary/aromatic N) is 1. The summed E-state index contributed by atoms with van der Waals surface area (Å²) in [5, 5.41) is 0. The van der Waals surface area contributed by atoms with Crippen molar-refractivity contribution in [1.82, 2.24) is 4.98 Å². The van der Waals surface area contributed by atoms with E-state index in [0.29, 0.717) is 11.6 Å². The predicted octanol–water partition coefficient (Wildman–Crippen LogP) is 2.15. The average Bonchev–Trinajstić information content (AvgIpc) is 2.65. The number of aromatic nitrogens is 1. The van der Waals surface area contributed by atoms with Crippen LogP contribution in [0, 0.1) is 13.8 Å². The molecule has 2 aromatic rings. The van der Waals surface area contributed by atoms with Crippen LogP contribution in [0.1, 0.15) is 5.89 Å². The molecule has 0 fully saturated rings. The van der Waals surface area contributed by atoms with E-state index in [1.807, 2.05) is 31.2 Å². The molecule has 0 aliphatic carbocycles. The molecule has 2 N–H and O–H groups in total. The Kier molecular flexibility index (Phi) is 2.92. The Morgan fingerprint density at radius 2 is 2.06 bits per heavy atom. The normalized spacial score (nSPS) is 12.4. The second kappa shape index (κ2) is 4.37. The second-order valence-corrected chi connectivity index (χ2v) is 3.43. The zero-order chi connectivity index (χ0) is 11.5. The van der Waals surface area contributed by atoms with Crippen LogP contribution in [0.5, 0.6) is 5.75 Å². The third-order valence-corrected chi connectivity index (χ3v) is 2.06. The topological polar surface area (TPSA) is 61.3 Å². The molecule has 0 saturated heterocycles. The predicted molar refractivity (Wildman–Crippen MR) is 60.6 cm³/mol. The lowest BCUT2D eigenvalue weighted by Gasteiger charge is -2.09. The second-order valence-electron chi connectivity index (χ2n) is 3.43. The van der Waals surface area contributed by atoms with E-state index in [4.69, 9.17) is 14.9 Å². The van der Waals surface area contributed by atoms with Gasteiger partial charge in [-0.15, -0.1) is 0 Å². The first-order valence-electron chi connectivity index (χ1n) is 4.93. The summed E-state index contributed by atoms with van der Waals surface area (Å²) < 4.78 is 10.4. The smallest absolute Gasteiger partial charge is 0.191 e. The first-order chi connectivity index (χ1) is 7.65. The molecule has 83 valence electrons. The minimum Gasteiger partial charge on any atom is -0.476 e. The van der Waals surface area contributed by atoms with Crippen LogP contribution in [0.25, 0.3) is 11.3 Å². The van der Waals surface area contributed by atoms with Gasteiger partial charge < -0.3 is 9.15 Å². The minimum atomic E-state index is -0.555. The Morgan fingerprint density at radius 1 is 1.38 bits per heavy atom. The molecule has 0 spiro atoms. The fourth-order valence-corrected chi connectivity index (χ4v) is 1.38. The summed E-state index contributed by atoms with van der Waals surface area (Å²) in [4.78, 5) is 4.23. The molecule has 1 aromatic carbocycles. The van der Waals surface area contributed by atoms with Gasteiger partial charge in [0.2, 0.25) is 0 Å². The van der Waals surface area contributed by atoms with E-state index in [1.165, 1.54) is 0 Å². The van der Waals surface area contributed by atoms with Gasteiger partial charge in [0.25, 0.3) is 0 Å². The van der Waals surface area contributed by atoms with Crippen molar-refractivity contribution in [3.8, 4) is 17.0 Å². The Hall–Kier alpha value is -1.81. The van der Waals surface area contributed by atoms with Gasteiger partial charge in [-0.2, -0.15) is 0 Å². The van der Waals surface area contributed by atoms with Gasteiger partial charge in [-0.3, -0.25) is 5.73 Å². The highest BCUT2D eigenvalue weighted by Crippen LogP contribution is 2.21. The van der Waals surface area contributed by atoms with Crippen molar-refractivity contribution in [1.29, 1.82) is 0 Å². The van der Waals surface area contributed by atoms with Crippen molar-refractivity contribution >= 4 is 0 Å². The fourth-order valence-electron chi connectivity index (χ4n) is 1.38. The average molecular weight is 217 g/mol. The van der Waals surface area contributed by atoms with Gasteiger partial charge in [0, 0.05) is 19.4 Å². The number of hydrogen-bond acceptors (Lipinski definition) is 4. The molecule has 0 aliphatic heterocycles. The van der Waals surface area contributed by atoms with E-state index in [0.717, 1.165) is 11.3 Å². The molecule has 1 heterocycles. The van der Waals surface area contributed by atoms with E-state index >= 15 is 0 Å². The van der Waals surface area contributed by atoms with Crippen LogP contribution in [0.2, 0.25) is 0 Å². The molecule has 1 unspecified atom stereocenters. The van der Waals surface area contributed by atoms with Crippen LogP contribution < -0.4 is 10.5 Å². The third kappa shape index (κ3) is 2.41. The highest BCUT2D eigenvalue weighted by molar-refractivity contribution is 5.58. The lowest BCUT2D eigenvalue weighted by molar-refractivity contribution is 0.255. The van der Waals surface area contributed by atoms with Crippen LogP contribution in [0.4, 0.5) is 0 Å². The molecular weight excluding hydrogens is 204 g/mol. The molecule has 4 heteroatoms. The van der Waals surface area contributed by atoms with Gasteiger partial charge in [0.05, 0.1) is 0 Å². The van der Waals surface area contributed by atoms with Gasteiger partial charge >= 0.3 is 0 Å². The summed E-state index contributed by atoms with van der Waals surface area (Å²) in [6, 6.07) is 7.44. The van der Waals surface area contributed by atoms with Gasteiger partial charge in [-0.1, -0.05) is 0 Å². The molecule has 4 nitrogen and oxygen atoms in total. The van der Waals surface area contributed by atoms with Gasteiger partial charge in [0.15, 0.2) is 5.89 Å². The molecule has 0 aliphatic rings. The summed E-state index contributed by atoms with van der Waals surface area (Å²) in [6.45, 7) is 5.35. The first kappa shape index (κ1) is 10.7. The lowest BCUT2D eigenvalue weighted by Crippen LogP contribution is -2.22. The third-order valence-electron chi connectivity index (χ3n) is 2.06. The maximum Gasteiger partial charge on any atom is 0.191 e. The molecule has 0 saturated carbocycles. The Balaban J connectivity index is 2.19. The molecule has 1 radical (unpaired) electrons. The van der Waals surface area contributed by atoms with Crippen LogP contribution >= 0.6 is 0 Å². The van der Waals surface area contributed by atoms with Crippen molar-refractivity contribution in [3.05, 3.63) is 43.3 Å². The van der Waals surface area contributed by atoms with E-state index in [-0.39, 0.29) is 0 Å². The number of nitrogens with two attached hydrogens (primary N) is 1. The summed E-state index contributed by atoms with van der Waals surface area (Å²) in [5.41, 5.74) is 7.20. The van der Waals surface area contributed by atoms with Gasteiger partial charge in [0.1, 0.15) is 23.9 Å². The molecule has 1 atom stereocenters. The van der Waals surface area contributed by atoms with Gasteiger partial charge in [-0.05, 0) is 24.3 Å². The van der Waals surface area contributed by atoms with Crippen molar-refractivity contribution in [2.45, 2.75) is 13.2 Å². The Morgan fingerprint density at radius 3 is 2.56 bits per heavy atom. The van der Waals surface area contributed by atoms with E-state index in [2.05, 4.69) is 11.9 Å². The monoisotopic (exact) mass is 217 g/mol. The molecule has 1 aromatic heterocycles. The van der Waals surface area contributed by atoms with Crippen molar-refractivity contribution in [2.75, 3.05) is 0 Å². The van der Waals surface area contributed by atoms with Crippen LogP contribution in [-0.4, -0.2) is 11.2 Å². The summed E-state index contributed by atoms with van der Waals surface area (Å²) in [6.07, 6.45) is 1.07. The number of rotatable bonds is 3. The number of aryl methyl sites for hydroxylation is 1. The zero-order valence-corrected chi connectivity index (χ0v) is 9.01. The standard InChI is InChI=1S/C12H13N2O2/c1-8(13)16-11-5-3-10(4-6-11)12-7-15-9(2)14-12/h3-8H,1,13H2,2H3. The molecule has 0 amide bonds. The Bertz CT molecular complexity index is 460. The summed E-state index contributed by atoms with van der Waals surface area (Å²) >= 11 is 0. The summed E-state index contributed by atoms with van der Waals surface area (Å²) in [5.74, 6) is 1.33. The number of benzene rings is 1. The van der Waals surface area contributed by atoms with Crippen LogP contribution in [0.15, 0.2) is 34.9 Å². The molecular formula is C12H13N2O2. The largest absolute Gasteiger partial charge is 0.476 e. The maximum atomic E-state index is 5.42. The molecule has 2 rings (SSSR count). The van der Waals surface area contributed by atoms with Crippen LogP contribution in [0.3, 0.4) is 0 Å². The maximum absolute atomic E-state index is 5.42. The van der Waals surface area contributed by atoms with Crippen molar-refractivity contribution in [3.63, 3.8) is 0 Å². The number of ether oxygens (including phenoxy) is 1. The van der Waals surface area contributed by atoms with Crippen LogP contribution in [-0.2, 0) is 0 Å². The SMILES string of the molecule is [CH2]C(N)Oc1ccc(-c2coc(C)n2)cc1. The van der Waals surface area contributed by atoms with Crippen molar-refractivity contribution < 1.29 is 9.15 Å².